The molecule has 27 heavy (non-hydrogen) atoms. The summed E-state index contributed by atoms with van der Waals surface area (Å²) in [5, 5.41) is 0. The van der Waals surface area contributed by atoms with Gasteiger partial charge in [-0.25, -0.2) is 0 Å². The predicted molar refractivity (Wildman–Crippen MR) is 108 cm³/mol. The SMILES string of the molecule is Cc1ccc(CCC(=O)N2CCN(C(=O)CCC3CCCCC3)CC2)cc1. The van der Waals surface area contributed by atoms with Gasteiger partial charge in [-0.2, -0.15) is 0 Å². The van der Waals surface area contributed by atoms with E-state index in [1.54, 1.807) is 0 Å². The van der Waals surface area contributed by atoms with Crippen LogP contribution in [0.5, 0.6) is 0 Å². The molecule has 0 radical (unpaired) electrons. The Morgan fingerprint density at radius 3 is 2.00 bits per heavy atom. The van der Waals surface area contributed by atoms with Gasteiger partial charge in [-0.1, -0.05) is 61.9 Å². The summed E-state index contributed by atoms with van der Waals surface area (Å²) in [6, 6.07) is 8.39. The maximum absolute atomic E-state index is 12.5. The molecule has 0 bridgehead atoms. The number of rotatable bonds is 6. The maximum Gasteiger partial charge on any atom is 0.223 e. The van der Waals surface area contributed by atoms with E-state index in [0.29, 0.717) is 39.0 Å². The number of carbonyl (C=O) groups is 2. The Morgan fingerprint density at radius 2 is 1.41 bits per heavy atom. The van der Waals surface area contributed by atoms with E-state index in [1.165, 1.54) is 43.2 Å². The lowest BCUT2D eigenvalue weighted by Crippen LogP contribution is -2.50. The highest BCUT2D eigenvalue weighted by Crippen LogP contribution is 2.27. The van der Waals surface area contributed by atoms with E-state index in [4.69, 9.17) is 0 Å². The summed E-state index contributed by atoms with van der Waals surface area (Å²) in [6.07, 6.45) is 9.72. The molecule has 4 heteroatoms. The highest BCUT2D eigenvalue weighted by Gasteiger charge is 2.24. The number of carbonyl (C=O) groups excluding carboxylic acids is 2. The highest BCUT2D eigenvalue weighted by atomic mass is 16.2. The quantitative estimate of drug-likeness (QED) is 0.760. The van der Waals surface area contributed by atoms with Gasteiger partial charge in [0, 0.05) is 39.0 Å². The summed E-state index contributed by atoms with van der Waals surface area (Å²) in [5.41, 5.74) is 2.46. The molecule has 0 unspecified atom stereocenters. The monoisotopic (exact) mass is 370 g/mol. The Morgan fingerprint density at radius 1 is 0.852 bits per heavy atom. The van der Waals surface area contributed by atoms with Crippen molar-refractivity contribution in [1.29, 1.82) is 0 Å². The summed E-state index contributed by atoms with van der Waals surface area (Å²) in [5.74, 6) is 1.25. The van der Waals surface area contributed by atoms with Gasteiger partial charge in [0.15, 0.2) is 0 Å². The first-order chi connectivity index (χ1) is 13.1. The van der Waals surface area contributed by atoms with Gasteiger partial charge in [0.25, 0.3) is 0 Å². The average Bonchev–Trinajstić information content (AvgIpc) is 2.72. The second-order valence-electron chi connectivity index (χ2n) is 8.29. The Kier molecular flexibility index (Phi) is 7.31. The smallest absolute Gasteiger partial charge is 0.223 e. The van der Waals surface area contributed by atoms with E-state index in [2.05, 4.69) is 31.2 Å². The molecule has 1 aromatic rings. The van der Waals surface area contributed by atoms with Crippen LogP contribution >= 0.6 is 0 Å². The fourth-order valence-corrected chi connectivity index (χ4v) is 4.33. The molecule has 1 aliphatic heterocycles. The third kappa shape index (κ3) is 6.08. The number of nitrogens with zero attached hydrogens (tertiary/aromatic N) is 2. The third-order valence-corrected chi connectivity index (χ3v) is 6.22. The van der Waals surface area contributed by atoms with Crippen LogP contribution in [-0.4, -0.2) is 47.8 Å². The molecule has 1 aromatic carbocycles. The van der Waals surface area contributed by atoms with Crippen LogP contribution in [0, 0.1) is 12.8 Å². The van der Waals surface area contributed by atoms with Crippen molar-refractivity contribution in [3.63, 3.8) is 0 Å². The van der Waals surface area contributed by atoms with Gasteiger partial charge < -0.3 is 9.80 Å². The third-order valence-electron chi connectivity index (χ3n) is 6.22. The lowest BCUT2D eigenvalue weighted by molar-refractivity contribution is -0.139. The number of benzene rings is 1. The zero-order valence-electron chi connectivity index (χ0n) is 16.8. The molecule has 148 valence electrons. The fourth-order valence-electron chi connectivity index (χ4n) is 4.33. The second-order valence-corrected chi connectivity index (χ2v) is 8.29. The van der Waals surface area contributed by atoms with Gasteiger partial charge >= 0.3 is 0 Å². The van der Waals surface area contributed by atoms with E-state index < -0.39 is 0 Å². The maximum atomic E-state index is 12.5. The molecule has 2 aliphatic rings. The van der Waals surface area contributed by atoms with Gasteiger partial charge in [-0.05, 0) is 31.2 Å². The number of hydrogen-bond donors (Lipinski definition) is 0. The summed E-state index contributed by atoms with van der Waals surface area (Å²) in [6.45, 7) is 4.83. The van der Waals surface area contributed by atoms with Gasteiger partial charge in [0.05, 0.1) is 0 Å². The lowest BCUT2D eigenvalue weighted by atomic mass is 9.86. The topological polar surface area (TPSA) is 40.6 Å². The zero-order chi connectivity index (χ0) is 19.1. The van der Waals surface area contributed by atoms with Crippen LogP contribution in [0.4, 0.5) is 0 Å². The second kappa shape index (κ2) is 9.91. The van der Waals surface area contributed by atoms with Crippen LogP contribution in [0.25, 0.3) is 0 Å². The standard InChI is InChI=1S/C23H34N2O2/c1-19-7-9-21(10-8-19)12-14-23(27)25-17-15-24(16-18-25)22(26)13-11-20-5-3-2-4-6-20/h7-10,20H,2-6,11-18H2,1H3. The lowest BCUT2D eigenvalue weighted by Gasteiger charge is -2.35. The Bertz CT molecular complexity index is 612. The molecule has 1 heterocycles. The first-order valence-electron chi connectivity index (χ1n) is 10.7. The predicted octanol–water partition coefficient (Wildman–Crippen LogP) is 3.96. The summed E-state index contributed by atoms with van der Waals surface area (Å²) >= 11 is 0. The molecule has 3 rings (SSSR count). The molecule has 1 saturated heterocycles. The molecule has 2 fully saturated rings. The van der Waals surface area contributed by atoms with Gasteiger partial charge in [0.2, 0.25) is 11.8 Å². The van der Waals surface area contributed by atoms with Crippen LogP contribution in [0.15, 0.2) is 24.3 Å². The average molecular weight is 371 g/mol. The fraction of sp³-hybridized carbons (Fsp3) is 0.652. The van der Waals surface area contributed by atoms with Gasteiger partial charge in [0.1, 0.15) is 0 Å². The van der Waals surface area contributed by atoms with Crippen LogP contribution in [0.1, 0.15) is 62.5 Å². The normalized spacial score (nSPS) is 18.6. The van der Waals surface area contributed by atoms with Crippen LogP contribution in [-0.2, 0) is 16.0 Å². The molecule has 1 aliphatic carbocycles. The Hall–Kier alpha value is -1.84. The zero-order valence-corrected chi connectivity index (χ0v) is 16.8. The van der Waals surface area contributed by atoms with Crippen molar-refractivity contribution in [3.05, 3.63) is 35.4 Å². The summed E-state index contributed by atoms with van der Waals surface area (Å²) in [4.78, 5) is 28.8. The van der Waals surface area contributed by atoms with Crippen molar-refractivity contribution in [2.24, 2.45) is 5.92 Å². The van der Waals surface area contributed by atoms with Crippen molar-refractivity contribution >= 4 is 11.8 Å². The summed E-state index contributed by atoms with van der Waals surface area (Å²) < 4.78 is 0. The number of aryl methyl sites for hydroxylation is 2. The molecule has 1 saturated carbocycles. The van der Waals surface area contributed by atoms with Gasteiger partial charge in [-0.15, -0.1) is 0 Å². The van der Waals surface area contributed by atoms with Crippen LogP contribution in [0.2, 0.25) is 0 Å². The van der Waals surface area contributed by atoms with E-state index in [0.717, 1.165) is 18.8 Å². The van der Waals surface area contributed by atoms with Crippen molar-refractivity contribution in [1.82, 2.24) is 9.80 Å². The van der Waals surface area contributed by atoms with Crippen molar-refractivity contribution in [3.8, 4) is 0 Å². The van der Waals surface area contributed by atoms with E-state index in [9.17, 15) is 9.59 Å². The first-order valence-corrected chi connectivity index (χ1v) is 10.7. The minimum absolute atomic E-state index is 0.213. The number of hydrogen-bond acceptors (Lipinski definition) is 2. The van der Waals surface area contributed by atoms with Crippen molar-refractivity contribution in [2.75, 3.05) is 26.2 Å². The van der Waals surface area contributed by atoms with Gasteiger partial charge in [-0.3, -0.25) is 9.59 Å². The first kappa shape index (κ1) is 19.9. The van der Waals surface area contributed by atoms with E-state index in [1.807, 2.05) is 9.80 Å². The van der Waals surface area contributed by atoms with E-state index >= 15 is 0 Å². The molecular formula is C23H34N2O2. The molecule has 0 aromatic heterocycles. The number of piperazine rings is 1. The van der Waals surface area contributed by atoms with Crippen molar-refractivity contribution in [2.45, 2.75) is 64.7 Å². The Balaban J connectivity index is 1.35. The Labute approximate surface area is 163 Å². The molecule has 2 amide bonds. The summed E-state index contributed by atoms with van der Waals surface area (Å²) in [7, 11) is 0. The minimum atomic E-state index is 0.213. The highest BCUT2D eigenvalue weighted by molar-refractivity contribution is 5.78. The van der Waals surface area contributed by atoms with E-state index in [-0.39, 0.29) is 11.8 Å². The molecule has 4 nitrogen and oxygen atoms in total. The molecular weight excluding hydrogens is 336 g/mol. The molecule has 0 N–H and O–H groups in total. The minimum Gasteiger partial charge on any atom is -0.339 e. The largest absolute Gasteiger partial charge is 0.339 e. The molecule has 0 spiro atoms. The molecule has 0 atom stereocenters. The van der Waals surface area contributed by atoms with Crippen LogP contribution < -0.4 is 0 Å². The van der Waals surface area contributed by atoms with Crippen LogP contribution in [0.3, 0.4) is 0 Å². The van der Waals surface area contributed by atoms with Crippen molar-refractivity contribution < 1.29 is 9.59 Å². The number of amides is 2.